The number of para-hydroxylation sites is 1. The Morgan fingerprint density at radius 2 is 1.73 bits per heavy atom. The fraction of sp³-hybridized carbons (Fsp3) is 0.346. The molecule has 2 amide bonds. The van der Waals surface area contributed by atoms with Gasteiger partial charge in [-0.15, -0.1) is 0 Å². The van der Waals surface area contributed by atoms with E-state index in [1.807, 2.05) is 82.3 Å². The van der Waals surface area contributed by atoms with Crippen LogP contribution in [-0.2, 0) is 14.3 Å². The SMILES string of the molecule is COCC(=O)N(CC(=O)Nc1c(-c2ccccc2)c(C)nn1-c1ccccc1C)CC(C)C. The third-order valence-corrected chi connectivity index (χ3v) is 5.26. The van der Waals surface area contributed by atoms with Crippen molar-refractivity contribution in [2.45, 2.75) is 27.7 Å². The first-order chi connectivity index (χ1) is 15.8. The summed E-state index contributed by atoms with van der Waals surface area (Å²) < 4.78 is 6.77. The highest BCUT2D eigenvalue weighted by molar-refractivity contribution is 5.98. The van der Waals surface area contributed by atoms with Crippen LogP contribution in [0.2, 0.25) is 0 Å². The minimum Gasteiger partial charge on any atom is -0.375 e. The van der Waals surface area contributed by atoms with Crippen LogP contribution in [0.4, 0.5) is 5.82 Å². The number of aryl methyl sites for hydroxylation is 2. The van der Waals surface area contributed by atoms with Crippen molar-refractivity contribution in [2.24, 2.45) is 5.92 Å². The second kappa shape index (κ2) is 10.9. The molecule has 0 aliphatic carbocycles. The van der Waals surface area contributed by atoms with Crippen LogP contribution in [0, 0.1) is 19.8 Å². The van der Waals surface area contributed by atoms with Gasteiger partial charge >= 0.3 is 0 Å². The number of anilines is 1. The Morgan fingerprint density at radius 1 is 1.06 bits per heavy atom. The van der Waals surface area contributed by atoms with E-state index in [4.69, 9.17) is 9.84 Å². The molecule has 0 saturated heterocycles. The largest absolute Gasteiger partial charge is 0.375 e. The molecule has 3 rings (SSSR count). The van der Waals surface area contributed by atoms with E-state index in [-0.39, 0.29) is 30.9 Å². The lowest BCUT2D eigenvalue weighted by atomic mass is 10.1. The lowest BCUT2D eigenvalue weighted by Gasteiger charge is -2.24. The van der Waals surface area contributed by atoms with Gasteiger partial charge in [0.1, 0.15) is 12.4 Å². The van der Waals surface area contributed by atoms with Gasteiger partial charge in [-0.1, -0.05) is 62.4 Å². The normalized spacial score (nSPS) is 11.0. The van der Waals surface area contributed by atoms with Crippen molar-refractivity contribution < 1.29 is 14.3 Å². The van der Waals surface area contributed by atoms with Gasteiger partial charge in [0, 0.05) is 19.2 Å². The fourth-order valence-corrected chi connectivity index (χ4v) is 3.82. The van der Waals surface area contributed by atoms with Crippen LogP contribution >= 0.6 is 0 Å². The standard InChI is InChI=1S/C26H32N4O3/c1-18(2)15-29(24(32)17-33-5)16-23(31)27-26-25(21-12-7-6-8-13-21)20(4)28-30(26)22-14-10-9-11-19(22)3/h6-14,18H,15-17H2,1-5H3,(H,27,31). The summed E-state index contributed by atoms with van der Waals surface area (Å²) in [7, 11) is 1.47. The Kier molecular flexibility index (Phi) is 8.01. The molecule has 3 aromatic rings. The Hall–Kier alpha value is -3.45. The molecule has 1 aromatic heterocycles. The molecule has 7 nitrogen and oxygen atoms in total. The van der Waals surface area contributed by atoms with E-state index < -0.39 is 0 Å². The lowest BCUT2D eigenvalue weighted by Crippen LogP contribution is -2.42. The molecule has 0 aliphatic rings. The predicted molar refractivity (Wildman–Crippen MR) is 130 cm³/mol. The summed E-state index contributed by atoms with van der Waals surface area (Å²) in [6, 6.07) is 17.8. The zero-order valence-corrected chi connectivity index (χ0v) is 20.0. The Balaban J connectivity index is 2.00. The summed E-state index contributed by atoms with van der Waals surface area (Å²) in [4.78, 5) is 27.2. The minimum absolute atomic E-state index is 0.0600. The maximum Gasteiger partial charge on any atom is 0.249 e. The molecule has 1 heterocycles. The summed E-state index contributed by atoms with van der Waals surface area (Å²) in [6.07, 6.45) is 0. The van der Waals surface area contributed by atoms with Crippen LogP contribution in [0.15, 0.2) is 54.6 Å². The van der Waals surface area contributed by atoms with E-state index in [2.05, 4.69) is 5.32 Å². The molecule has 0 bridgehead atoms. The van der Waals surface area contributed by atoms with E-state index in [0.717, 1.165) is 28.1 Å². The van der Waals surface area contributed by atoms with Gasteiger partial charge in [-0.05, 0) is 37.0 Å². The third-order valence-electron chi connectivity index (χ3n) is 5.26. The highest BCUT2D eigenvalue weighted by atomic mass is 16.5. The van der Waals surface area contributed by atoms with Crippen LogP contribution in [0.3, 0.4) is 0 Å². The number of hydrogen-bond acceptors (Lipinski definition) is 4. The average molecular weight is 449 g/mol. The Bertz CT molecular complexity index is 1110. The quantitative estimate of drug-likeness (QED) is 0.532. The van der Waals surface area contributed by atoms with Crippen molar-refractivity contribution in [3.8, 4) is 16.8 Å². The van der Waals surface area contributed by atoms with Crippen molar-refractivity contribution in [1.29, 1.82) is 0 Å². The summed E-state index contributed by atoms with van der Waals surface area (Å²) >= 11 is 0. The monoisotopic (exact) mass is 448 g/mol. The van der Waals surface area contributed by atoms with Crippen molar-refractivity contribution in [2.75, 3.05) is 32.1 Å². The zero-order valence-electron chi connectivity index (χ0n) is 20.0. The van der Waals surface area contributed by atoms with E-state index in [1.165, 1.54) is 12.0 Å². The highest BCUT2D eigenvalue weighted by Gasteiger charge is 2.23. The van der Waals surface area contributed by atoms with Crippen LogP contribution < -0.4 is 5.32 Å². The molecular weight excluding hydrogens is 416 g/mol. The molecule has 0 radical (unpaired) electrons. The first-order valence-electron chi connectivity index (χ1n) is 11.1. The number of ether oxygens (including phenoxy) is 1. The highest BCUT2D eigenvalue weighted by Crippen LogP contribution is 2.34. The van der Waals surface area contributed by atoms with Gasteiger partial charge in [-0.2, -0.15) is 5.10 Å². The van der Waals surface area contributed by atoms with Crippen LogP contribution in [0.1, 0.15) is 25.1 Å². The lowest BCUT2D eigenvalue weighted by molar-refractivity contribution is -0.138. The second-order valence-corrected chi connectivity index (χ2v) is 8.52. The van der Waals surface area contributed by atoms with Gasteiger partial charge < -0.3 is 15.0 Å². The molecule has 33 heavy (non-hydrogen) atoms. The van der Waals surface area contributed by atoms with E-state index in [9.17, 15) is 9.59 Å². The number of carbonyl (C=O) groups excluding carboxylic acids is 2. The number of methoxy groups -OCH3 is 1. The molecule has 0 spiro atoms. The number of amides is 2. The minimum atomic E-state index is -0.285. The number of aromatic nitrogens is 2. The number of carbonyl (C=O) groups is 2. The second-order valence-electron chi connectivity index (χ2n) is 8.52. The van der Waals surface area contributed by atoms with Crippen LogP contribution in [0.25, 0.3) is 16.8 Å². The number of nitrogens with zero attached hydrogens (tertiary/aromatic N) is 3. The smallest absolute Gasteiger partial charge is 0.249 e. The molecular formula is C26H32N4O3. The number of benzene rings is 2. The molecule has 0 saturated carbocycles. The van der Waals surface area contributed by atoms with Crippen molar-refractivity contribution >= 4 is 17.6 Å². The molecule has 174 valence electrons. The van der Waals surface area contributed by atoms with E-state index >= 15 is 0 Å². The molecule has 2 aromatic carbocycles. The maximum atomic E-state index is 13.2. The summed E-state index contributed by atoms with van der Waals surface area (Å²) in [5.74, 6) is 0.306. The molecule has 0 unspecified atom stereocenters. The molecule has 1 N–H and O–H groups in total. The summed E-state index contributed by atoms with van der Waals surface area (Å²) in [5, 5.41) is 7.82. The molecule has 7 heteroatoms. The van der Waals surface area contributed by atoms with Gasteiger partial charge in [-0.25, -0.2) is 4.68 Å². The molecule has 0 atom stereocenters. The first kappa shape index (κ1) is 24.2. The van der Waals surface area contributed by atoms with E-state index in [0.29, 0.717) is 12.4 Å². The topological polar surface area (TPSA) is 76.5 Å². The van der Waals surface area contributed by atoms with Crippen molar-refractivity contribution in [3.63, 3.8) is 0 Å². The van der Waals surface area contributed by atoms with Gasteiger partial charge in [0.15, 0.2) is 0 Å². The predicted octanol–water partition coefficient (Wildman–Crippen LogP) is 4.23. The molecule has 0 aliphatic heterocycles. The van der Waals surface area contributed by atoms with Gasteiger partial charge in [0.05, 0.1) is 17.9 Å². The molecule has 0 fully saturated rings. The third kappa shape index (κ3) is 5.87. The van der Waals surface area contributed by atoms with E-state index in [1.54, 1.807) is 4.68 Å². The maximum absolute atomic E-state index is 13.2. The Labute approximate surface area is 195 Å². The van der Waals surface area contributed by atoms with Crippen molar-refractivity contribution in [3.05, 3.63) is 65.9 Å². The Morgan fingerprint density at radius 3 is 2.36 bits per heavy atom. The number of rotatable bonds is 9. The van der Waals surface area contributed by atoms with Gasteiger partial charge in [0.2, 0.25) is 11.8 Å². The van der Waals surface area contributed by atoms with Crippen LogP contribution in [-0.4, -0.2) is 53.3 Å². The number of hydrogen-bond donors (Lipinski definition) is 1. The number of nitrogens with one attached hydrogen (secondary N) is 1. The van der Waals surface area contributed by atoms with Gasteiger partial charge in [-0.3, -0.25) is 9.59 Å². The average Bonchev–Trinajstić information content (AvgIpc) is 3.09. The van der Waals surface area contributed by atoms with Gasteiger partial charge in [0.25, 0.3) is 0 Å². The summed E-state index contributed by atoms with van der Waals surface area (Å²) in [5.41, 5.74) is 4.53. The summed E-state index contributed by atoms with van der Waals surface area (Å²) in [6.45, 7) is 8.30. The first-order valence-corrected chi connectivity index (χ1v) is 11.1. The van der Waals surface area contributed by atoms with Crippen molar-refractivity contribution in [1.82, 2.24) is 14.7 Å². The zero-order chi connectivity index (χ0) is 24.0. The van der Waals surface area contributed by atoms with Crippen LogP contribution in [0.5, 0.6) is 0 Å². The fourth-order valence-electron chi connectivity index (χ4n) is 3.82.